The van der Waals surface area contributed by atoms with Gasteiger partial charge in [0.15, 0.2) is 0 Å². The maximum absolute atomic E-state index is 11.5. The van der Waals surface area contributed by atoms with E-state index in [2.05, 4.69) is 5.32 Å². The largest absolute Gasteiger partial charge is 0.481 e. The van der Waals surface area contributed by atoms with E-state index in [1.807, 2.05) is 6.07 Å². The molecule has 0 fully saturated rings. The van der Waals surface area contributed by atoms with Crippen molar-refractivity contribution in [3.05, 3.63) is 35.9 Å². The molecule has 5 nitrogen and oxygen atoms in total. The van der Waals surface area contributed by atoms with Crippen LogP contribution in [0.5, 0.6) is 0 Å². The zero-order chi connectivity index (χ0) is 12.7. The third-order valence-corrected chi connectivity index (χ3v) is 2.31. The van der Waals surface area contributed by atoms with Crippen LogP contribution in [0.3, 0.4) is 0 Å². The molecular weight excluding hydrogens is 222 g/mol. The van der Waals surface area contributed by atoms with E-state index in [-0.39, 0.29) is 19.6 Å². The van der Waals surface area contributed by atoms with Crippen molar-refractivity contribution in [3.63, 3.8) is 0 Å². The Kier molecular flexibility index (Phi) is 5.16. The monoisotopic (exact) mass is 237 g/mol. The number of carbonyl (C=O) groups is 2. The van der Waals surface area contributed by atoms with Crippen LogP contribution in [0.15, 0.2) is 30.3 Å². The molecule has 5 heteroatoms. The van der Waals surface area contributed by atoms with Crippen LogP contribution in [0.25, 0.3) is 0 Å². The van der Waals surface area contributed by atoms with Gasteiger partial charge in [0.05, 0.1) is 6.61 Å². The Morgan fingerprint density at radius 1 is 1.24 bits per heavy atom. The molecule has 0 saturated carbocycles. The van der Waals surface area contributed by atoms with Crippen molar-refractivity contribution in [3.8, 4) is 0 Å². The first-order chi connectivity index (χ1) is 8.15. The molecule has 0 heterocycles. The second-order valence-corrected chi connectivity index (χ2v) is 3.60. The van der Waals surface area contributed by atoms with Crippen molar-refractivity contribution in [1.29, 1.82) is 0 Å². The van der Waals surface area contributed by atoms with E-state index < -0.39 is 17.8 Å². The van der Waals surface area contributed by atoms with Crippen molar-refractivity contribution in [1.82, 2.24) is 5.32 Å². The second kappa shape index (κ2) is 6.65. The van der Waals surface area contributed by atoms with E-state index in [1.54, 1.807) is 24.3 Å². The molecule has 17 heavy (non-hydrogen) atoms. The SMILES string of the molecule is O=C(O)C(Cc1ccccc1)C(=O)NCCO. The molecule has 0 radical (unpaired) electrons. The lowest BCUT2D eigenvalue weighted by Gasteiger charge is -2.12. The first kappa shape index (κ1) is 13.2. The molecule has 92 valence electrons. The molecule has 0 spiro atoms. The van der Waals surface area contributed by atoms with Gasteiger partial charge in [-0.3, -0.25) is 9.59 Å². The minimum Gasteiger partial charge on any atom is -0.481 e. The molecule has 0 aliphatic heterocycles. The van der Waals surface area contributed by atoms with Crippen molar-refractivity contribution in [2.24, 2.45) is 5.92 Å². The van der Waals surface area contributed by atoms with Crippen LogP contribution >= 0.6 is 0 Å². The number of hydrogen-bond donors (Lipinski definition) is 3. The van der Waals surface area contributed by atoms with Crippen LogP contribution < -0.4 is 5.32 Å². The number of aliphatic carboxylic acids is 1. The summed E-state index contributed by atoms with van der Waals surface area (Å²) in [5.41, 5.74) is 0.791. The average molecular weight is 237 g/mol. The van der Waals surface area contributed by atoms with Gasteiger partial charge in [0.1, 0.15) is 5.92 Å². The summed E-state index contributed by atoms with van der Waals surface area (Å²) in [5, 5.41) is 19.9. The average Bonchev–Trinajstić information content (AvgIpc) is 2.34. The Labute approximate surface area is 99.1 Å². The van der Waals surface area contributed by atoms with Crippen LogP contribution in [0, 0.1) is 5.92 Å². The van der Waals surface area contributed by atoms with Crippen molar-refractivity contribution in [2.75, 3.05) is 13.2 Å². The lowest BCUT2D eigenvalue weighted by atomic mass is 9.98. The molecule has 1 unspecified atom stereocenters. The van der Waals surface area contributed by atoms with Crippen LogP contribution in [-0.2, 0) is 16.0 Å². The molecule has 0 aliphatic carbocycles. The first-order valence-corrected chi connectivity index (χ1v) is 5.30. The number of benzene rings is 1. The Morgan fingerprint density at radius 2 is 1.88 bits per heavy atom. The quantitative estimate of drug-likeness (QED) is 0.610. The zero-order valence-electron chi connectivity index (χ0n) is 9.30. The summed E-state index contributed by atoms with van der Waals surface area (Å²) in [5.74, 6) is -2.86. The predicted octanol–water partition coefficient (Wildman–Crippen LogP) is 0.0384. The van der Waals surface area contributed by atoms with Gasteiger partial charge in [0.25, 0.3) is 0 Å². The summed E-state index contributed by atoms with van der Waals surface area (Å²) in [7, 11) is 0. The molecule has 0 aliphatic rings. The van der Waals surface area contributed by atoms with E-state index in [0.717, 1.165) is 5.56 Å². The standard InChI is InChI=1S/C12H15NO4/c14-7-6-13-11(15)10(12(16)17)8-9-4-2-1-3-5-9/h1-5,10,14H,6-8H2,(H,13,15)(H,16,17). The van der Waals surface area contributed by atoms with Crippen LogP contribution in [0.1, 0.15) is 5.56 Å². The topological polar surface area (TPSA) is 86.6 Å². The highest BCUT2D eigenvalue weighted by atomic mass is 16.4. The number of rotatable bonds is 6. The number of carboxylic acid groups (broad SMARTS) is 1. The molecule has 0 saturated heterocycles. The van der Waals surface area contributed by atoms with Gasteiger partial charge in [0, 0.05) is 6.54 Å². The fourth-order valence-electron chi connectivity index (χ4n) is 1.44. The normalized spacial score (nSPS) is 11.8. The highest BCUT2D eigenvalue weighted by Crippen LogP contribution is 2.09. The summed E-state index contributed by atoms with van der Waals surface area (Å²) in [4.78, 5) is 22.5. The van der Waals surface area contributed by atoms with E-state index in [9.17, 15) is 9.59 Å². The molecule has 1 amide bonds. The van der Waals surface area contributed by atoms with Gasteiger partial charge in [-0.1, -0.05) is 30.3 Å². The number of aliphatic hydroxyl groups excluding tert-OH is 1. The summed E-state index contributed by atoms with van der Waals surface area (Å²) >= 11 is 0. The van der Waals surface area contributed by atoms with Gasteiger partial charge in [0.2, 0.25) is 5.91 Å². The minimum absolute atomic E-state index is 0.0669. The molecule has 1 rings (SSSR count). The molecule has 0 aromatic heterocycles. The van der Waals surface area contributed by atoms with E-state index in [0.29, 0.717) is 0 Å². The number of hydrogen-bond acceptors (Lipinski definition) is 3. The second-order valence-electron chi connectivity index (χ2n) is 3.60. The Morgan fingerprint density at radius 3 is 2.41 bits per heavy atom. The smallest absolute Gasteiger partial charge is 0.316 e. The number of carbonyl (C=O) groups excluding carboxylic acids is 1. The van der Waals surface area contributed by atoms with Gasteiger partial charge >= 0.3 is 5.97 Å². The van der Waals surface area contributed by atoms with Crippen molar-refractivity contribution < 1.29 is 19.8 Å². The zero-order valence-corrected chi connectivity index (χ0v) is 9.30. The molecule has 3 N–H and O–H groups in total. The third-order valence-electron chi connectivity index (χ3n) is 2.31. The first-order valence-electron chi connectivity index (χ1n) is 5.30. The number of amides is 1. The van der Waals surface area contributed by atoms with Crippen molar-refractivity contribution in [2.45, 2.75) is 6.42 Å². The lowest BCUT2D eigenvalue weighted by molar-refractivity contribution is -0.147. The predicted molar refractivity (Wildman–Crippen MR) is 61.4 cm³/mol. The summed E-state index contributed by atoms with van der Waals surface area (Å²) in [6.07, 6.45) is 0.146. The van der Waals surface area contributed by atoms with Crippen LogP contribution in [-0.4, -0.2) is 35.2 Å². The van der Waals surface area contributed by atoms with Crippen LogP contribution in [0.4, 0.5) is 0 Å². The highest BCUT2D eigenvalue weighted by molar-refractivity contribution is 5.97. The summed E-state index contributed by atoms with van der Waals surface area (Å²) in [6.45, 7) is -0.138. The van der Waals surface area contributed by atoms with Gasteiger partial charge in [-0.15, -0.1) is 0 Å². The Hall–Kier alpha value is -1.88. The van der Waals surface area contributed by atoms with Gasteiger partial charge in [-0.05, 0) is 12.0 Å². The molecule has 1 atom stereocenters. The number of nitrogens with one attached hydrogen (secondary N) is 1. The van der Waals surface area contributed by atoms with Crippen molar-refractivity contribution >= 4 is 11.9 Å². The van der Waals surface area contributed by atoms with Gasteiger partial charge in [-0.25, -0.2) is 0 Å². The fraction of sp³-hybridized carbons (Fsp3) is 0.333. The van der Waals surface area contributed by atoms with Gasteiger partial charge < -0.3 is 15.5 Å². The Balaban J connectivity index is 2.67. The molecule has 0 bridgehead atoms. The highest BCUT2D eigenvalue weighted by Gasteiger charge is 2.25. The minimum atomic E-state index is -1.16. The summed E-state index contributed by atoms with van der Waals surface area (Å²) in [6, 6.07) is 8.95. The number of carboxylic acids is 1. The lowest BCUT2D eigenvalue weighted by Crippen LogP contribution is -2.38. The van der Waals surface area contributed by atoms with E-state index in [4.69, 9.17) is 10.2 Å². The Bertz CT molecular complexity index is 377. The third kappa shape index (κ3) is 4.24. The maximum Gasteiger partial charge on any atom is 0.316 e. The van der Waals surface area contributed by atoms with Gasteiger partial charge in [-0.2, -0.15) is 0 Å². The van der Waals surface area contributed by atoms with E-state index in [1.165, 1.54) is 0 Å². The molecular formula is C12H15NO4. The van der Waals surface area contributed by atoms with Crippen LogP contribution in [0.2, 0.25) is 0 Å². The molecule has 1 aromatic carbocycles. The maximum atomic E-state index is 11.5. The number of aliphatic hydroxyl groups is 1. The summed E-state index contributed by atoms with van der Waals surface area (Å²) < 4.78 is 0. The van der Waals surface area contributed by atoms with E-state index >= 15 is 0 Å². The molecule has 1 aromatic rings. The fourth-order valence-corrected chi connectivity index (χ4v) is 1.44.